The fourth-order valence-electron chi connectivity index (χ4n) is 3.63. The van der Waals surface area contributed by atoms with Gasteiger partial charge in [0.15, 0.2) is 11.5 Å². The molecule has 2 aliphatic heterocycles. The first-order valence-electron chi connectivity index (χ1n) is 9.55. The van der Waals surface area contributed by atoms with Crippen LogP contribution in [0.25, 0.3) is 0 Å². The molecule has 2 atom stereocenters. The Bertz CT molecular complexity index is 518. The summed E-state index contributed by atoms with van der Waals surface area (Å²) in [4.78, 5) is 0. The van der Waals surface area contributed by atoms with E-state index in [0.717, 1.165) is 37.1 Å². The molecule has 1 fully saturated rings. The Kier molecular flexibility index (Phi) is 8.34. The maximum absolute atomic E-state index is 5.71. The van der Waals surface area contributed by atoms with E-state index >= 15 is 0 Å². The van der Waals surface area contributed by atoms with Crippen molar-refractivity contribution in [3.63, 3.8) is 0 Å². The summed E-state index contributed by atoms with van der Waals surface area (Å²) >= 11 is 0. The number of nitrogens with two attached hydrogens (primary N) is 1. The van der Waals surface area contributed by atoms with Crippen LogP contribution in [0, 0.1) is 5.92 Å². The van der Waals surface area contributed by atoms with Gasteiger partial charge in [-0.3, -0.25) is 0 Å². The Morgan fingerprint density at radius 2 is 1.96 bits per heavy atom. The maximum Gasteiger partial charge on any atom is 0.231 e. The summed E-state index contributed by atoms with van der Waals surface area (Å²) < 4.78 is 16.7. The second kappa shape index (κ2) is 10.2. The summed E-state index contributed by atoms with van der Waals surface area (Å²) in [6.07, 6.45) is 6.65. The third-order valence-corrected chi connectivity index (χ3v) is 5.13. The third kappa shape index (κ3) is 6.05. The summed E-state index contributed by atoms with van der Waals surface area (Å²) in [5.74, 6) is 3.14. The normalized spacial score (nSPS) is 19.9. The highest BCUT2D eigenvalue weighted by atomic mass is 35.5. The Labute approximate surface area is 158 Å². The lowest BCUT2D eigenvalue weighted by Gasteiger charge is -2.19. The number of halogens is 1. The van der Waals surface area contributed by atoms with Gasteiger partial charge in [-0.15, -0.1) is 0 Å². The first-order chi connectivity index (χ1) is 11.7. The minimum atomic E-state index is 0. The largest absolute Gasteiger partial charge is 1.00 e. The lowest BCUT2D eigenvalue weighted by atomic mass is 9.88. The van der Waals surface area contributed by atoms with Crippen LogP contribution in [-0.2, 0) is 4.74 Å². The van der Waals surface area contributed by atoms with Crippen molar-refractivity contribution in [2.75, 3.05) is 26.5 Å². The molecule has 2 aliphatic rings. The molecule has 0 aliphatic carbocycles. The molecular weight excluding hydrogens is 338 g/mol. The van der Waals surface area contributed by atoms with Crippen LogP contribution in [0.15, 0.2) is 18.2 Å². The topological polar surface area (TPSA) is 44.3 Å². The fraction of sp³-hybridized carbons (Fsp3) is 0.700. The van der Waals surface area contributed by atoms with Gasteiger partial charge < -0.3 is 31.9 Å². The van der Waals surface area contributed by atoms with Crippen LogP contribution in [0.5, 0.6) is 11.5 Å². The van der Waals surface area contributed by atoms with Crippen molar-refractivity contribution in [3.05, 3.63) is 23.8 Å². The Morgan fingerprint density at radius 3 is 2.72 bits per heavy atom. The van der Waals surface area contributed by atoms with Gasteiger partial charge in [-0.25, -0.2) is 0 Å². The number of quaternary nitrogens is 1. The smallest absolute Gasteiger partial charge is 0.231 e. The number of hydrogen-bond acceptors (Lipinski definition) is 3. The van der Waals surface area contributed by atoms with Crippen molar-refractivity contribution in [2.24, 2.45) is 5.92 Å². The summed E-state index contributed by atoms with van der Waals surface area (Å²) in [5.41, 5.74) is 1.39. The van der Waals surface area contributed by atoms with E-state index in [2.05, 4.69) is 37.4 Å². The van der Waals surface area contributed by atoms with E-state index in [-0.39, 0.29) is 12.4 Å². The van der Waals surface area contributed by atoms with Crippen LogP contribution in [-0.4, -0.2) is 32.6 Å². The zero-order valence-electron chi connectivity index (χ0n) is 15.5. The molecule has 2 unspecified atom stereocenters. The van der Waals surface area contributed by atoms with Crippen molar-refractivity contribution in [1.29, 1.82) is 0 Å². The number of ether oxygens (including phenoxy) is 3. The van der Waals surface area contributed by atoms with Gasteiger partial charge in [-0.2, -0.15) is 0 Å². The van der Waals surface area contributed by atoms with Gasteiger partial charge in [0.25, 0.3) is 0 Å². The molecule has 5 heteroatoms. The zero-order valence-corrected chi connectivity index (χ0v) is 16.3. The molecule has 4 nitrogen and oxygen atoms in total. The molecule has 0 spiro atoms. The first kappa shape index (κ1) is 20.3. The van der Waals surface area contributed by atoms with Crippen LogP contribution in [0.1, 0.15) is 57.4 Å². The second-order valence-corrected chi connectivity index (χ2v) is 7.52. The first-order valence-corrected chi connectivity index (χ1v) is 9.55. The molecule has 2 heterocycles. The van der Waals surface area contributed by atoms with Crippen LogP contribution in [0.3, 0.4) is 0 Å². The third-order valence-electron chi connectivity index (χ3n) is 5.13. The highest BCUT2D eigenvalue weighted by Gasteiger charge is 2.20. The van der Waals surface area contributed by atoms with Crippen molar-refractivity contribution in [2.45, 2.75) is 58.0 Å². The van der Waals surface area contributed by atoms with E-state index in [9.17, 15) is 0 Å². The van der Waals surface area contributed by atoms with Crippen molar-refractivity contribution in [3.8, 4) is 11.5 Å². The average Bonchev–Trinajstić information content (AvgIpc) is 3.24. The van der Waals surface area contributed by atoms with Gasteiger partial charge in [0.2, 0.25) is 6.79 Å². The molecule has 0 saturated carbocycles. The molecular formula is C20H32ClNO3. The van der Waals surface area contributed by atoms with E-state index in [1.54, 1.807) is 0 Å². The van der Waals surface area contributed by atoms with Crippen molar-refractivity contribution in [1.82, 2.24) is 0 Å². The minimum absolute atomic E-state index is 0. The predicted molar refractivity (Wildman–Crippen MR) is 94.6 cm³/mol. The Hall–Kier alpha value is -0.970. The van der Waals surface area contributed by atoms with Gasteiger partial charge in [-0.1, -0.05) is 26.3 Å². The molecule has 0 bridgehead atoms. The summed E-state index contributed by atoms with van der Waals surface area (Å²) in [7, 11) is 0. The van der Waals surface area contributed by atoms with Gasteiger partial charge >= 0.3 is 0 Å². The number of hydrogen-bond donors (Lipinski definition) is 1. The highest BCUT2D eigenvalue weighted by Crippen LogP contribution is 2.36. The molecule has 142 valence electrons. The van der Waals surface area contributed by atoms with E-state index < -0.39 is 0 Å². The van der Waals surface area contributed by atoms with E-state index in [0.29, 0.717) is 18.8 Å². The molecule has 0 amide bonds. The fourth-order valence-corrected chi connectivity index (χ4v) is 3.63. The molecule has 25 heavy (non-hydrogen) atoms. The van der Waals surface area contributed by atoms with Gasteiger partial charge in [0, 0.05) is 13.0 Å². The lowest BCUT2D eigenvalue weighted by molar-refractivity contribution is -0.661. The monoisotopic (exact) mass is 369 g/mol. The quantitative estimate of drug-likeness (QED) is 0.627. The molecule has 2 N–H and O–H groups in total. The molecule has 0 aromatic heterocycles. The Balaban J connectivity index is 0.00000225. The van der Waals surface area contributed by atoms with Crippen LogP contribution in [0.4, 0.5) is 0 Å². The highest BCUT2D eigenvalue weighted by molar-refractivity contribution is 5.45. The zero-order chi connectivity index (χ0) is 16.8. The van der Waals surface area contributed by atoms with Gasteiger partial charge in [0.1, 0.15) is 12.6 Å². The van der Waals surface area contributed by atoms with Crippen molar-refractivity contribution >= 4 is 0 Å². The minimum Gasteiger partial charge on any atom is -1.00 e. The van der Waals surface area contributed by atoms with Crippen LogP contribution in [0.2, 0.25) is 0 Å². The number of fused-ring (bicyclic) bond motifs is 1. The average molecular weight is 370 g/mol. The van der Waals surface area contributed by atoms with E-state index in [1.807, 2.05) is 0 Å². The maximum atomic E-state index is 5.71. The SMILES string of the molecule is CC(C)CCC(CC[NH2+]CC1CCCO1)c1ccc2c(c1)OCO2.[Cl-]. The molecule has 1 aromatic rings. The second-order valence-electron chi connectivity index (χ2n) is 7.52. The molecule has 0 radical (unpaired) electrons. The van der Waals surface area contributed by atoms with Gasteiger partial charge in [-0.05, 0) is 48.8 Å². The number of benzene rings is 1. The summed E-state index contributed by atoms with van der Waals surface area (Å²) in [6.45, 7) is 8.19. The molecule has 1 aromatic carbocycles. The van der Waals surface area contributed by atoms with E-state index in [1.165, 1.54) is 37.7 Å². The summed E-state index contributed by atoms with van der Waals surface area (Å²) in [6, 6.07) is 6.47. The number of rotatable bonds is 9. The summed E-state index contributed by atoms with van der Waals surface area (Å²) in [5, 5.41) is 2.44. The standard InChI is InChI=1S/C20H31NO3.ClH/c1-15(2)5-6-16(9-10-21-13-18-4-3-11-22-18)17-7-8-19-20(12-17)24-14-23-19;/h7-8,12,15-16,18,21H,3-6,9-11,13-14H2,1-2H3;1H. The van der Waals surface area contributed by atoms with E-state index in [4.69, 9.17) is 14.2 Å². The molecule has 1 saturated heterocycles. The lowest BCUT2D eigenvalue weighted by Crippen LogP contribution is -3.00. The molecule has 3 rings (SSSR count). The van der Waals surface area contributed by atoms with Crippen LogP contribution < -0.4 is 27.2 Å². The Morgan fingerprint density at radius 1 is 1.12 bits per heavy atom. The van der Waals surface area contributed by atoms with Gasteiger partial charge in [0.05, 0.1) is 6.54 Å². The van der Waals surface area contributed by atoms with Crippen molar-refractivity contribution < 1.29 is 31.9 Å². The predicted octanol–water partition coefficient (Wildman–Crippen LogP) is 0.0716. The van der Waals surface area contributed by atoms with Crippen LogP contribution >= 0.6 is 0 Å².